The zero-order chi connectivity index (χ0) is 30.7. The van der Waals surface area contributed by atoms with Crippen molar-refractivity contribution in [2.24, 2.45) is 0 Å². The second-order valence-electron chi connectivity index (χ2n) is 9.41. The van der Waals surface area contributed by atoms with Crippen molar-refractivity contribution >= 4 is 70.9 Å². The first-order valence-corrected chi connectivity index (χ1v) is 13.6. The Morgan fingerprint density at radius 1 is 0.304 bits per heavy atom. The molecule has 0 fully saturated rings. The number of aromatic nitrogens is 4. The van der Waals surface area contributed by atoms with Crippen molar-refractivity contribution in [3.05, 3.63) is 146 Å². The fraction of sp³-hybridized carbons (Fsp3) is 0. The first kappa shape index (κ1) is 34.9. The Bertz CT molecular complexity index is 1840. The smallest absolute Gasteiger partial charge is 0.141 e. The number of aromatic hydroxyl groups is 4. The van der Waals surface area contributed by atoms with E-state index in [4.69, 9.17) is 0 Å². The van der Waals surface area contributed by atoms with Gasteiger partial charge in [-0.3, -0.25) is 19.9 Å². The third kappa shape index (κ3) is 8.73. The molecule has 0 amide bonds. The van der Waals surface area contributed by atoms with Crippen molar-refractivity contribution in [2.75, 3.05) is 0 Å². The van der Waals surface area contributed by atoms with Gasteiger partial charge in [0.25, 0.3) is 0 Å². The van der Waals surface area contributed by atoms with E-state index in [0.717, 1.165) is 21.5 Å². The van der Waals surface area contributed by atoms with Crippen LogP contribution in [-0.2, 0) is 0 Å². The van der Waals surface area contributed by atoms with E-state index in [1.165, 1.54) is 0 Å². The number of phenolic OH excluding ortho intramolecular Hbond substituents is 4. The maximum absolute atomic E-state index is 9.31. The van der Waals surface area contributed by atoms with Crippen LogP contribution in [-0.4, -0.2) is 67.6 Å². The van der Waals surface area contributed by atoms with Crippen LogP contribution in [0.4, 0.5) is 0 Å². The summed E-state index contributed by atoms with van der Waals surface area (Å²) in [5, 5.41) is 41.1. The SMILES string of the molecule is Oc1cccc2cccnc12.Oc1cccc2cccnc12.Oc1cccc2cccnc12.Oc1cccc2cccnc12.[B].[Li]. The van der Waals surface area contributed by atoms with Crippen molar-refractivity contribution in [3.63, 3.8) is 0 Å². The molecule has 4 radical (unpaired) electrons. The number of para-hydroxylation sites is 4. The zero-order valence-electron chi connectivity index (χ0n) is 25.0. The fourth-order valence-electron chi connectivity index (χ4n) is 4.35. The van der Waals surface area contributed by atoms with E-state index in [2.05, 4.69) is 19.9 Å². The molecule has 0 spiro atoms. The summed E-state index contributed by atoms with van der Waals surface area (Å²) in [7, 11) is 0. The van der Waals surface area contributed by atoms with Crippen LogP contribution in [0.5, 0.6) is 23.0 Å². The van der Waals surface area contributed by atoms with Gasteiger partial charge in [0.15, 0.2) is 0 Å². The molecule has 4 aromatic heterocycles. The number of hydrogen-bond donors (Lipinski definition) is 4. The van der Waals surface area contributed by atoms with Gasteiger partial charge in [-0.15, -0.1) is 0 Å². The molecule has 0 aliphatic carbocycles. The minimum absolute atomic E-state index is 0. The topological polar surface area (TPSA) is 132 Å². The summed E-state index contributed by atoms with van der Waals surface area (Å²) < 4.78 is 0. The molecule has 46 heavy (non-hydrogen) atoms. The Balaban J connectivity index is 0.000000165. The van der Waals surface area contributed by atoms with E-state index in [1.807, 2.05) is 72.8 Å². The maximum Gasteiger partial charge on any atom is 0.141 e. The van der Waals surface area contributed by atoms with E-state index < -0.39 is 0 Å². The van der Waals surface area contributed by atoms with Gasteiger partial charge in [0.05, 0.1) is 0 Å². The van der Waals surface area contributed by atoms with Crippen LogP contribution in [0.15, 0.2) is 146 Å². The summed E-state index contributed by atoms with van der Waals surface area (Å²) in [5.74, 6) is 0.956. The van der Waals surface area contributed by atoms with Crippen LogP contribution in [0.25, 0.3) is 43.6 Å². The molecule has 0 unspecified atom stereocenters. The minimum atomic E-state index is 0. The predicted octanol–water partition coefficient (Wildman–Crippen LogP) is 7.00. The molecule has 8 aromatic rings. The van der Waals surface area contributed by atoms with Crippen molar-refractivity contribution in [2.45, 2.75) is 0 Å². The molecule has 0 aliphatic rings. The number of rotatable bonds is 0. The van der Waals surface area contributed by atoms with E-state index in [9.17, 15) is 20.4 Å². The molecule has 4 N–H and O–H groups in total. The average Bonchev–Trinajstić information content (AvgIpc) is 3.07. The van der Waals surface area contributed by atoms with Gasteiger partial charge in [0, 0.05) is 73.6 Å². The number of fused-ring (bicyclic) bond motifs is 4. The van der Waals surface area contributed by atoms with Crippen molar-refractivity contribution < 1.29 is 20.4 Å². The van der Waals surface area contributed by atoms with Crippen molar-refractivity contribution in [1.29, 1.82) is 0 Å². The van der Waals surface area contributed by atoms with Gasteiger partial charge in [-0.05, 0) is 48.5 Å². The summed E-state index contributed by atoms with van der Waals surface area (Å²) in [6.45, 7) is 0. The van der Waals surface area contributed by atoms with Crippen LogP contribution in [0.3, 0.4) is 0 Å². The third-order valence-electron chi connectivity index (χ3n) is 6.45. The summed E-state index contributed by atoms with van der Waals surface area (Å²) in [6.07, 6.45) is 6.67. The molecule has 0 bridgehead atoms. The Labute approximate surface area is 279 Å². The molecule has 0 saturated heterocycles. The molecule has 8 nitrogen and oxygen atoms in total. The van der Waals surface area contributed by atoms with Crippen LogP contribution >= 0.6 is 0 Å². The van der Waals surface area contributed by atoms with Gasteiger partial charge in [-0.1, -0.05) is 72.8 Å². The monoisotopic (exact) mass is 598 g/mol. The Morgan fingerprint density at radius 2 is 0.500 bits per heavy atom. The predicted molar refractivity (Wildman–Crippen MR) is 185 cm³/mol. The molecular formula is C36H28BLiN4O4. The van der Waals surface area contributed by atoms with Crippen LogP contribution in [0, 0.1) is 0 Å². The molecule has 220 valence electrons. The zero-order valence-corrected chi connectivity index (χ0v) is 25.0. The normalized spacial score (nSPS) is 9.74. The third-order valence-corrected chi connectivity index (χ3v) is 6.45. The van der Waals surface area contributed by atoms with Crippen molar-refractivity contribution in [3.8, 4) is 23.0 Å². The first-order valence-electron chi connectivity index (χ1n) is 13.6. The largest absolute Gasteiger partial charge is 0.506 e. The van der Waals surface area contributed by atoms with E-state index in [0.29, 0.717) is 22.1 Å². The van der Waals surface area contributed by atoms with Gasteiger partial charge in [0.1, 0.15) is 45.1 Å². The van der Waals surface area contributed by atoms with Gasteiger partial charge in [-0.2, -0.15) is 0 Å². The maximum atomic E-state index is 9.31. The fourth-order valence-corrected chi connectivity index (χ4v) is 4.35. The standard InChI is InChI=1S/4C9H7NO.B.Li/c4*11-8-5-1-3-7-4-2-6-10-9(7)8;;/h4*1-6,11H;;. The van der Waals surface area contributed by atoms with Gasteiger partial charge in [-0.25, -0.2) is 0 Å². The Morgan fingerprint density at radius 3 is 0.696 bits per heavy atom. The number of pyridine rings is 4. The molecule has 4 aromatic carbocycles. The van der Waals surface area contributed by atoms with Crippen molar-refractivity contribution in [1.82, 2.24) is 19.9 Å². The van der Waals surface area contributed by atoms with Gasteiger partial charge in [0.2, 0.25) is 0 Å². The molecule has 0 aliphatic heterocycles. The number of phenols is 4. The average molecular weight is 598 g/mol. The first-order chi connectivity index (χ1) is 21.5. The summed E-state index contributed by atoms with van der Waals surface area (Å²) >= 11 is 0. The van der Waals surface area contributed by atoms with E-state index >= 15 is 0 Å². The summed E-state index contributed by atoms with van der Waals surface area (Å²) in [5.41, 5.74) is 2.65. The summed E-state index contributed by atoms with van der Waals surface area (Å²) in [6, 6.07) is 36.5. The molecular weight excluding hydrogens is 570 g/mol. The minimum Gasteiger partial charge on any atom is -0.506 e. The molecule has 0 atom stereocenters. The van der Waals surface area contributed by atoms with Crippen LogP contribution in [0.1, 0.15) is 0 Å². The number of hydrogen-bond acceptors (Lipinski definition) is 8. The number of benzene rings is 4. The quantitative estimate of drug-likeness (QED) is 0.137. The Hall–Kier alpha value is -5.62. The van der Waals surface area contributed by atoms with Crippen LogP contribution < -0.4 is 0 Å². The molecule has 10 heteroatoms. The van der Waals surface area contributed by atoms with Crippen LogP contribution in [0.2, 0.25) is 0 Å². The van der Waals surface area contributed by atoms with Gasteiger partial charge >= 0.3 is 0 Å². The van der Waals surface area contributed by atoms with Gasteiger partial charge < -0.3 is 20.4 Å². The second-order valence-corrected chi connectivity index (χ2v) is 9.41. The molecule has 8 rings (SSSR count). The summed E-state index contributed by atoms with van der Waals surface area (Å²) in [4.78, 5) is 16.1. The second kappa shape index (κ2) is 17.0. The molecule has 0 saturated carbocycles. The molecule has 4 heterocycles. The van der Waals surface area contributed by atoms with E-state index in [-0.39, 0.29) is 50.3 Å². The van der Waals surface area contributed by atoms with E-state index in [1.54, 1.807) is 73.3 Å². The number of nitrogens with zero attached hydrogens (tertiary/aromatic N) is 4. The Kier molecular flexibility index (Phi) is 12.9.